The van der Waals surface area contributed by atoms with E-state index in [9.17, 15) is 0 Å². The molecule has 0 radical (unpaired) electrons. The third kappa shape index (κ3) is 6.26. The number of nitrogens with zero attached hydrogens (tertiary/aromatic N) is 2. The van der Waals surface area contributed by atoms with Gasteiger partial charge in [-0.15, -0.1) is 0 Å². The minimum atomic E-state index is 0.635. The second-order valence-electron chi connectivity index (χ2n) is 7.27. The predicted molar refractivity (Wildman–Crippen MR) is 133 cm³/mol. The van der Waals surface area contributed by atoms with Gasteiger partial charge in [-0.05, 0) is 77.3 Å². The fourth-order valence-corrected chi connectivity index (χ4v) is 3.95. The van der Waals surface area contributed by atoms with Crippen LogP contribution in [0.25, 0.3) is 6.08 Å². The number of rotatable bonds is 10. The Bertz CT molecular complexity index is 961. The Morgan fingerprint density at radius 3 is 1.88 bits per heavy atom. The molecule has 6 heteroatoms. The van der Waals surface area contributed by atoms with Gasteiger partial charge in [-0.1, -0.05) is 24.3 Å². The average Bonchev–Trinajstić information content (AvgIpc) is 2.81. The van der Waals surface area contributed by atoms with E-state index in [1.54, 1.807) is 20.5 Å². The second kappa shape index (κ2) is 11.6. The van der Waals surface area contributed by atoms with E-state index in [-0.39, 0.29) is 0 Å². The Kier molecular flexibility index (Phi) is 8.56. The topological polar surface area (TPSA) is 43.8 Å². The fourth-order valence-electron chi connectivity index (χ4n) is 3.32. The van der Waals surface area contributed by atoms with E-state index in [0.717, 1.165) is 33.0 Å². The lowest BCUT2D eigenvalue weighted by molar-refractivity contribution is 0.272. The van der Waals surface area contributed by atoms with Crippen molar-refractivity contribution < 1.29 is 14.2 Å². The molecule has 0 bridgehead atoms. The van der Waals surface area contributed by atoms with Crippen molar-refractivity contribution in [2.75, 3.05) is 25.7 Å². The van der Waals surface area contributed by atoms with Crippen molar-refractivity contribution in [1.29, 1.82) is 0 Å². The van der Waals surface area contributed by atoms with Crippen LogP contribution in [0.5, 0.6) is 11.5 Å². The molecule has 1 heterocycles. The van der Waals surface area contributed by atoms with Gasteiger partial charge in [-0.3, -0.25) is 0 Å². The van der Waals surface area contributed by atoms with Crippen LogP contribution < -0.4 is 14.4 Å². The van der Waals surface area contributed by atoms with Gasteiger partial charge in [0, 0.05) is 28.8 Å². The number of ether oxygens (including phenoxy) is 3. The highest BCUT2D eigenvalue weighted by Gasteiger charge is 2.14. The van der Waals surface area contributed by atoms with Crippen molar-refractivity contribution >= 4 is 27.8 Å². The first-order valence-corrected chi connectivity index (χ1v) is 11.3. The molecule has 32 heavy (non-hydrogen) atoms. The van der Waals surface area contributed by atoms with Gasteiger partial charge >= 0.3 is 0 Å². The fraction of sp³-hybridized carbons (Fsp3) is 0.269. The zero-order valence-electron chi connectivity index (χ0n) is 19.0. The molecule has 0 saturated carbocycles. The third-order valence-electron chi connectivity index (χ3n) is 5.07. The molecule has 0 amide bonds. The van der Waals surface area contributed by atoms with E-state index < -0.39 is 0 Å². The summed E-state index contributed by atoms with van der Waals surface area (Å²) in [5, 5.41) is 0. The third-order valence-corrected chi connectivity index (χ3v) is 5.73. The van der Waals surface area contributed by atoms with Crippen LogP contribution in [0.2, 0.25) is 0 Å². The van der Waals surface area contributed by atoms with Gasteiger partial charge < -0.3 is 19.1 Å². The smallest absolute Gasteiger partial charge is 0.130 e. The molecule has 1 aromatic heterocycles. The van der Waals surface area contributed by atoms with Gasteiger partial charge in [0.25, 0.3) is 0 Å². The first-order chi connectivity index (χ1) is 15.5. The van der Waals surface area contributed by atoms with Gasteiger partial charge in [0.2, 0.25) is 0 Å². The molecule has 0 aliphatic carbocycles. The van der Waals surface area contributed by atoms with E-state index in [4.69, 9.17) is 19.2 Å². The SMILES string of the molecule is CCOC=Cc1c(Br)cc(N(Cc2ccc(OC)cc2)Cc2ccc(OC)cc2)nc1C. The van der Waals surface area contributed by atoms with Crippen molar-refractivity contribution in [2.24, 2.45) is 0 Å². The molecule has 168 valence electrons. The van der Waals surface area contributed by atoms with Crippen molar-refractivity contribution in [3.8, 4) is 11.5 Å². The van der Waals surface area contributed by atoms with E-state index in [1.165, 1.54) is 11.1 Å². The zero-order valence-corrected chi connectivity index (χ0v) is 20.6. The van der Waals surface area contributed by atoms with Gasteiger partial charge in [-0.2, -0.15) is 0 Å². The molecule has 0 aliphatic rings. The standard InChI is InChI=1S/C26H29BrN2O3/c1-5-32-15-14-24-19(2)28-26(16-25(24)27)29(17-20-6-10-22(30-3)11-7-20)18-21-8-12-23(31-4)13-9-21/h6-16H,5,17-18H2,1-4H3. The van der Waals surface area contributed by atoms with Crippen LogP contribution in [0, 0.1) is 6.92 Å². The molecule has 2 aromatic carbocycles. The van der Waals surface area contributed by atoms with Gasteiger partial charge in [0.05, 0.1) is 27.1 Å². The highest BCUT2D eigenvalue weighted by atomic mass is 79.9. The first kappa shape index (κ1) is 23.7. The summed E-state index contributed by atoms with van der Waals surface area (Å²) in [6.07, 6.45) is 3.65. The molecule has 0 aliphatic heterocycles. The van der Waals surface area contributed by atoms with Crippen LogP contribution >= 0.6 is 15.9 Å². The van der Waals surface area contributed by atoms with Crippen LogP contribution in [0.4, 0.5) is 5.82 Å². The molecule has 0 saturated heterocycles. The number of pyridine rings is 1. The summed E-state index contributed by atoms with van der Waals surface area (Å²) in [7, 11) is 3.35. The van der Waals surface area contributed by atoms with Gasteiger partial charge in [0.15, 0.2) is 0 Å². The lowest BCUT2D eigenvalue weighted by atomic mass is 10.1. The number of hydrogen-bond acceptors (Lipinski definition) is 5. The van der Waals surface area contributed by atoms with Crippen molar-refractivity contribution in [2.45, 2.75) is 26.9 Å². The molecule has 0 N–H and O–H groups in total. The summed E-state index contributed by atoms with van der Waals surface area (Å²) < 4.78 is 16.9. The molecule has 3 rings (SSSR count). The van der Waals surface area contributed by atoms with Crippen LogP contribution in [0.3, 0.4) is 0 Å². The lowest BCUT2D eigenvalue weighted by Crippen LogP contribution is -2.23. The van der Waals surface area contributed by atoms with Gasteiger partial charge in [-0.25, -0.2) is 4.98 Å². The number of anilines is 1. The summed E-state index contributed by atoms with van der Waals surface area (Å²) in [6, 6.07) is 18.3. The predicted octanol–water partition coefficient (Wildman–Crippen LogP) is 6.38. The number of methoxy groups -OCH3 is 2. The maximum atomic E-state index is 5.36. The number of aromatic nitrogens is 1. The molecule has 0 unspecified atom stereocenters. The van der Waals surface area contributed by atoms with Crippen LogP contribution in [-0.2, 0) is 17.8 Å². The summed E-state index contributed by atoms with van der Waals surface area (Å²) >= 11 is 3.72. The summed E-state index contributed by atoms with van der Waals surface area (Å²) in [5.41, 5.74) is 4.29. The Hall–Kier alpha value is -2.99. The molecular weight excluding hydrogens is 468 g/mol. The van der Waals surface area contributed by atoms with Gasteiger partial charge in [0.1, 0.15) is 17.3 Å². The first-order valence-electron chi connectivity index (χ1n) is 10.5. The summed E-state index contributed by atoms with van der Waals surface area (Å²) in [6.45, 7) is 6.03. The number of hydrogen-bond donors (Lipinski definition) is 0. The maximum Gasteiger partial charge on any atom is 0.130 e. The normalized spacial score (nSPS) is 10.9. The van der Waals surface area contributed by atoms with Crippen molar-refractivity contribution in [3.05, 3.63) is 87.7 Å². The summed E-state index contributed by atoms with van der Waals surface area (Å²) in [5.74, 6) is 2.59. The zero-order chi connectivity index (χ0) is 22.9. The molecular formula is C26H29BrN2O3. The lowest BCUT2D eigenvalue weighted by Gasteiger charge is -2.25. The Morgan fingerprint density at radius 1 is 0.906 bits per heavy atom. The van der Waals surface area contributed by atoms with Crippen LogP contribution in [-0.4, -0.2) is 25.8 Å². The second-order valence-corrected chi connectivity index (χ2v) is 8.13. The Morgan fingerprint density at radius 2 is 1.44 bits per heavy atom. The number of benzene rings is 2. The molecule has 0 spiro atoms. The van der Waals surface area contributed by atoms with E-state index >= 15 is 0 Å². The minimum Gasteiger partial charge on any atom is -0.501 e. The quantitative estimate of drug-likeness (QED) is 0.304. The van der Waals surface area contributed by atoms with Crippen LogP contribution in [0.15, 0.2) is 65.3 Å². The van der Waals surface area contributed by atoms with E-state index in [1.807, 2.05) is 44.2 Å². The highest BCUT2D eigenvalue weighted by molar-refractivity contribution is 9.10. The van der Waals surface area contributed by atoms with E-state index in [0.29, 0.717) is 19.7 Å². The largest absolute Gasteiger partial charge is 0.501 e. The Balaban J connectivity index is 1.92. The maximum absolute atomic E-state index is 5.36. The van der Waals surface area contributed by atoms with Crippen molar-refractivity contribution in [1.82, 2.24) is 4.98 Å². The number of halogens is 1. The number of aryl methyl sites for hydroxylation is 1. The van der Waals surface area contributed by atoms with Crippen molar-refractivity contribution in [3.63, 3.8) is 0 Å². The van der Waals surface area contributed by atoms with Crippen LogP contribution in [0.1, 0.15) is 29.3 Å². The van der Waals surface area contributed by atoms with E-state index in [2.05, 4.69) is 51.2 Å². The summed E-state index contributed by atoms with van der Waals surface area (Å²) in [4.78, 5) is 7.17. The molecule has 5 nitrogen and oxygen atoms in total. The molecule has 0 fully saturated rings. The average molecular weight is 497 g/mol. The Labute approximate surface area is 198 Å². The molecule has 3 aromatic rings. The highest BCUT2D eigenvalue weighted by Crippen LogP contribution is 2.28. The molecule has 0 atom stereocenters. The minimum absolute atomic E-state index is 0.635. The monoisotopic (exact) mass is 496 g/mol.